The van der Waals surface area contributed by atoms with Crippen molar-refractivity contribution in [1.29, 1.82) is 0 Å². The van der Waals surface area contributed by atoms with E-state index in [0.29, 0.717) is 12.3 Å². The van der Waals surface area contributed by atoms with Gasteiger partial charge >= 0.3 is 0 Å². The third-order valence-corrected chi connectivity index (χ3v) is 5.09. The summed E-state index contributed by atoms with van der Waals surface area (Å²) in [5.74, 6) is 0.749. The molecule has 1 amide bonds. The first-order chi connectivity index (χ1) is 9.74. The van der Waals surface area contributed by atoms with Crippen molar-refractivity contribution in [2.75, 3.05) is 0 Å². The lowest BCUT2D eigenvalue weighted by Gasteiger charge is -2.23. The molecule has 1 aromatic rings. The van der Waals surface area contributed by atoms with E-state index in [2.05, 4.69) is 17.4 Å². The molecule has 1 fully saturated rings. The topological polar surface area (TPSA) is 29.1 Å². The molecule has 0 radical (unpaired) electrons. The van der Waals surface area contributed by atoms with E-state index in [9.17, 15) is 4.79 Å². The number of rotatable bonds is 3. The van der Waals surface area contributed by atoms with Crippen molar-refractivity contribution >= 4 is 17.5 Å². The number of hydrogen-bond acceptors (Lipinski definition) is 1. The normalized spacial score (nSPS) is 26.2. The lowest BCUT2D eigenvalue weighted by Crippen LogP contribution is -2.33. The van der Waals surface area contributed by atoms with E-state index in [-0.39, 0.29) is 17.3 Å². The molecule has 0 spiro atoms. The van der Waals surface area contributed by atoms with Crippen molar-refractivity contribution in [1.82, 2.24) is 5.32 Å². The number of halogens is 1. The van der Waals surface area contributed by atoms with Gasteiger partial charge in [-0.15, -0.1) is 11.6 Å². The minimum atomic E-state index is -0.0114. The Hall–Kier alpha value is -1.02. The molecular formula is C17H22ClNO. The Labute approximate surface area is 125 Å². The van der Waals surface area contributed by atoms with Crippen LogP contribution in [0.3, 0.4) is 0 Å². The quantitative estimate of drug-likeness (QED) is 0.839. The highest BCUT2D eigenvalue weighted by molar-refractivity contribution is 6.21. The Balaban J connectivity index is 1.61. The highest BCUT2D eigenvalue weighted by Crippen LogP contribution is 2.35. The number of benzene rings is 1. The van der Waals surface area contributed by atoms with Gasteiger partial charge in [-0.3, -0.25) is 4.79 Å². The highest BCUT2D eigenvalue weighted by atomic mass is 35.5. The van der Waals surface area contributed by atoms with Crippen molar-refractivity contribution in [2.24, 2.45) is 5.92 Å². The second-order valence-electron chi connectivity index (χ2n) is 6.17. The predicted octanol–water partition coefficient (Wildman–Crippen LogP) is 3.98. The van der Waals surface area contributed by atoms with Crippen LogP contribution < -0.4 is 5.32 Å². The molecule has 0 saturated heterocycles. The number of carbonyl (C=O) groups excluding carboxylic acids is 1. The van der Waals surface area contributed by atoms with Gasteiger partial charge in [0.15, 0.2) is 0 Å². The number of hydrogen-bond donors (Lipinski definition) is 1. The van der Waals surface area contributed by atoms with Gasteiger partial charge in [0, 0.05) is 6.42 Å². The average molecular weight is 292 g/mol. The van der Waals surface area contributed by atoms with Gasteiger partial charge in [0.05, 0.1) is 11.4 Å². The molecule has 0 heterocycles. The molecule has 2 aliphatic carbocycles. The zero-order valence-corrected chi connectivity index (χ0v) is 12.5. The molecule has 3 heteroatoms. The van der Waals surface area contributed by atoms with Gasteiger partial charge in [-0.2, -0.15) is 0 Å². The lowest BCUT2D eigenvalue weighted by molar-refractivity contribution is -0.123. The molecule has 1 saturated carbocycles. The molecular weight excluding hydrogens is 270 g/mol. The molecule has 2 aliphatic rings. The lowest BCUT2D eigenvalue weighted by atomic mass is 9.87. The molecule has 2 atom stereocenters. The molecule has 3 rings (SSSR count). The molecule has 2 nitrogen and oxygen atoms in total. The van der Waals surface area contributed by atoms with E-state index in [4.69, 9.17) is 11.6 Å². The fourth-order valence-electron chi connectivity index (χ4n) is 3.60. The first-order valence-electron chi connectivity index (χ1n) is 7.75. The first-order valence-corrected chi connectivity index (χ1v) is 8.19. The number of nitrogens with one attached hydrogen (secondary N) is 1. The van der Waals surface area contributed by atoms with Crippen LogP contribution in [-0.2, 0) is 11.2 Å². The standard InChI is InChI=1S/C17H22ClNO/c18-15-11-13-8-4-5-9-14(13)17(15)19-16(20)10-12-6-2-1-3-7-12/h4-5,8-9,12,15,17H,1-3,6-7,10-11H2,(H,19,20). The third-order valence-electron chi connectivity index (χ3n) is 4.68. The number of carbonyl (C=O) groups is 1. The van der Waals surface area contributed by atoms with Crippen molar-refractivity contribution in [3.05, 3.63) is 35.4 Å². The van der Waals surface area contributed by atoms with Crippen LogP contribution in [0.2, 0.25) is 0 Å². The van der Waals surface area contributed by atoms with Crippen molar-refractivity contribution in [3.63, 3.8) is 0 Å². The summed E-state index contributed by atoms with van der Waals surface area (Å²) in [6, 6.07) is 8.24. The summed E-state index contributed by atoms with van der Waals surface area (Å²) < 4.78 is 0. The maximum atomic E-state index is 12.3. The van der Waals surface area contributed by atoms with Gasteiger partial charge in [0.25, 0.3) is 0 Å². The summed E-state index contributed by atoms with van der Waals surface area (Å²) in [7, 11) is 0. The number of amides is 1. The summed E-state index contributed by atoms with van der Waals surface area (Å²) in [6.45, 7) is 0. The Morgan fingerprint density at radius 1 is 1.20 bits per heavy atom. The number of alkyl halides is 1. The largest absolute Gasteiger partial charge is 0.348 e. The van der Waals surface area contributed by atoms with Gasteiger partial charge in [-0.25, -0.2) is 0 Å². The molecule has 0 aliphatic heterocycles. The zero-order valence-electron chi connectivity index (χ0n) is 11.8. The van der Waals surface area contributed by atoms with Crippen LogP contribution in [-0.4, -0.2) is 11.3 Å². The Kier molecular flexibility index (Phi) is 4.30. The van der Waals surface area contributed by atoms with Crippen LogP contribution in [0.15, 0.2) is 24.3 Å². The van der Waals surface area contributed by atoms with Gasteiger partial charge in [0.2, 0.25) is 5.91 Å². The molecule has 20 heavy (non-hydrogen) atoms. The molecule has 1 aromatic carbocycles. The third kappa shape index (κ3) is 3.01. The average Bonchev–Trinajstić information content (AvgIpc) is 2.76. The maximum Gasteiger partial charge on any atom is 0.220 e. The van der Waals surface area contributed by atoms with E-state index in [0.717, 1.165) is 6.42 Å². The molecule has 0 bridgehead atoms. The van der Waals surface area contributed by atoms with Crippen molar-refractivity contribution in [3.8, 4) is 0 Å². The summed E-state index contributed by atoms with van der Waals surface area (Å²) in [5, 5.41) is 3.15. The number of fused-ring (bicyclic) bond motifs is 1. The van der Waals surface area contributed by atoms with Crippen LogP contribution in [0, 0.1) is 5.92 Å². The second kappa shape index (κ2) is 6.17. The minimum Gasteiger partial charge on any atom is -0.348 e. The smallest absolute Gasteiger partial charge is 0.220 e. The Bertz CT molecular complexity index is 482. The Morgan fingerprint density at radius 2 is 1.95 bits per heavy atom. The van der Waals surface area contributed by atoms with Gasteiger partial charge < -0.3 is 5.32 Å². The first kappa shape index (κ1) is 13.9. The van der Waals surface area contributed by atoms with Crippen LogP contribution in [0.25, 0.3) is 0 Å². The van der Waals surface area contributed by atoms with Crippen LogP contribution in [0.1, 0.15) is 55.7 Å². The van der Waals surface area contributed by atoms with E-state index >= 15 is 0 Å². The maximum absolute atomic E-state index is 12.3. The zero-order chi connectivity index (χ0) is 13.9. The summed E-state index contributed by atoms with van der Waals surface area (Å²) >= 11 is 6.42. The molecule has 108 valence electrons. The van der Waals surface area contributed by atoms with Gasteiger partial charge in [-0.1, -0.05) is 43.5 Å². The fourth-order valence-corrected chi connectivity index (χ4v) is 3.97. The van der Waals surface area contributed by atoms with E-state index in [1.807, 2.05) is 12.1 Å². The molecule has 0 aromatic heterocycles. The second-order valence-corrected chi connectivity index (χ2v) is 6.73. The summed E-state index contributed by atoms with van der Waals surface area (Å²) in [6.07, 6.45) is 7.83. The fraction of sp³-hybridized carbons (Fsp3) is 0.588. The van der Waals surface area contributed by atoms with E-state index in [1.165, 1.54) is 43.2 Å². The van der Waals surface area contributed by atoms with Gasteiger partial charge in [-0.05, 0) is 36.3 Å². The SMILES string of the molecule is O=C(CC1CCCCC1)NC1c2ccccc2CC1Cl. The summed E-state index contributed by atoms with van der Waals surface area (Å²) in [5.41, 5.74) is 2.47. The molecule has 1 N–H and O–H groups in total. The van der Waals surface area contributed by atoms with E-state index < -0.39 is 0 Å². The monoisotopic (exact) mass is 291 g/mol. The van der Waals surface area contributed by atoms with Gasteiger partial charge in [0.1, 0.15) is 0 Å². The highest BCUT2D eigenvalue weighted by Gasteiger charge is 2.32. The van der Waals surface area contributed by atoms with Crippen LogP contribution in [0.5, 0.6) is 0 Å². The van der Waals surface area contributed by atoms with Crippen LogP contribution >= 0.6 is 11.6 Å². The molecule has 2 unspecified atom stereocenters. The van der Waals surface area contributed by atoms with E-state index in [1.54, 1.807) is 0 Å². The van der Waals surface area contributed by atoms with Crippen LogP contribution in [0.4, 0.5) is 0 Å². The predicted molar refractivity (Wildman–Crippen MR) is 81.9 cm³/mol. The Morgan fingerprint density at radius 3 is 2.75 bits per heavy atom. The minimum absolute atomic E-state index is 0.0102. The van der Waals surface area contributed by atoms with Crippen molar-refractivity contribution in [2.45, 2.75) is 56.4 Å². The van der Waals surface area contributed by atoms with Crippen molar-refractivity contribution < 1.29 is 4.79 Å². The summed E-state index contributed by atoms with van der Waals surface area (Å²) in [4.78, 5) is 12.3.